The molecule has 3 unspecified atom stereocenters. The Labute approximate surface area is 740 Å². The number of nitrogens with two attached hydrogens (primary N) is 1. The zero-order valence-corrected chi connectivity index (χ0v) is 74.2. The number of hydrogen-bond donors (Lipinski definition) is 4. The minimum atomic E-state index is -3.81. The molecule has 2 fully saturated rings. The van der Waals surface area contributed by atoms with E-state index in [-0.39, 0.29) is 160 Å². The van der Waals surface area contributed by atoms with Gasteiger partial charge in [-0.2, -0.15) is 0 Å². The molecule has 5 N–H and O–H groups in total. The van der Waals surface area contributed by atoms with Crippen molar-refractivity contribution in [1.82, 2.24) is 39.6 Å². The molecular formula is C81H98Cl6FN9O22S3. The van der Waals surface area contributed by atoms with Crippen molar-refractivity contribution < 1.29 is 107 Å². The first-order valence-corrected chi connectivity index (χ1v) is 45.5. The lowest BCUT2D eigenvalue weighted by atomic mass is 9.85. The highest BCUT2D eigenvalue weighted by Crippen LogP contribution is 2.42. The molecule has 666 valence electrons. The van der Waals surface area contributed by atoms with Gasteiger partial charge >= 0.3 is 11.9 Å². The number of sulfone groups is 1. The number of amides is 5. The quantitative estimate of drug-likeness (QED) is 0.0159. The zero-order valence-electron chi connectivity index (χ0n) is 68.2. The molecule has 5 aliphatic heterocycles. The zero-order chi connectivity index (χ0) is 89.6. The molecule has 0 aromatic heterocycles. The number of ether oxygens (including phenoxy) is 6. The Kier molecular flexibility index (Phi) is 39.6. The lowest BCUT2D eigenvalue weighted by Gasteiger charge is -2.33. The van der Waals surface area contributed by atoms with Crippen molar-refractivity contribution in [2.45, 2.75) is 97.0 Å². The molecule has 5 aliphatic rings. The molecule has 2 saturated heterocycles. The molecule has 5 heterocycles. The maximum absolute atomic E-state index is 13.2. The van der Waals surface area contributed by atoms with Gasteiger partial charge in [-0.15, -0.1) is 10.1 Å². The summed E-state index contributed by atoms with van der Waals surface area (Å²) in [6.45, 7) is 8.27. The van der Waals surface area contributed by atoms with Crippen LogP contribution in [0.4, 0.5) is 4.39 Å². The van der Waals surface area contributed by atoms with E-state index >= 15 is 0 Å². The smallest absolute Gasteiger partial charge is 0.379 e. The summed E-state index contributed by atoms with van der Waals surface area (Å²) < 4.78 is 132. The summed E-state index contributed by atoms with van der Waals surface area (Å²) in [5.74, 6) is -8.02. The van der Waals surface area contributed by atoms with Crippen molar-refractivity contribution in [3.63, 3.8) is 0 Å². The fourth-order valence-corrected chi connectivity index (χ4v) is 18.8. The van der Waals surface area contributed by atoms with Crippen LogP contribution in [0.15, 0.2) is 124 Å². The molecule has 5 amide bonds. The van der Waals surface area contributed by atoms with Crippen LogP contribution in [0, 0.1) is 0 Å². The van der Waals surface area contributed by atoms with Crippen LogP contribution in [-0.2, 0) is 126 Å². The maximum Gasteiger partial charge on any atom is 0.444 e. The number of sulfonamides is 2. The van der Waals surface area contributed by atoms with Gasteiger partial charge in [-0.3, -0.25) is 33.2 Å². The molecular weight excluding hydrogens is 1780 g/mol. The third-order valence-corrected chi connectivity index (χ3v) is 25.8. The number of nitrogens with one attached hydrogen (secondary N) is 3. The van der Waals surface area contributed by atoms with Crippen LogP contribution in [0.2, 0.25) is 30.1 Å². The number of imide groups is 2. The summed E-state index contributed by atoms with van der Waals surface area (Å²) in [6, 6.07) is 31.8. The van der Waals surface area contributed by atoms with E-state index in [2.05, 4.69) is 39.1 Å². The van der Waals surface area contributed by atoms with Crippen LogP contribution < -0.4 is 20.5 Å². The Bertz CT molecular complexity index is 4800. The highest BCUT2D eigenvalue weighted by molar-refractivity contribution is 7.91. The first kappa shape index (κ1) is 98.5. The van der Waals surface area contributed by atoms with Gasteiger partial charge in [-0.1, -0.05) is 106 Å². The normalized spacial score (nSPS) is 16.9. The first-order chi connectivity index (χ1) is 58.6. The van der Waals surface area contributed by atoms with Crippen molar-refractivity contribution >= 4 is 147 Å². The SMILES string of the molecule is CN1Cc2c(Cl)cc(Cl)cc2C(c2cccc(S(=O)(=O)CCCOCCOCCNC(=O)C(=O)CCCOCCOCCNS(=O)(=O)c3cccc(C4CN(C)Cc5c(Cl)cc(Cl)cc54)c3)c2)C1.CN1Cc2c(Cl)cc(Cl)cc2C(c2cccc(S(=O)(=O)NCCOCCOCCN)c2)C1.O=C(ON1C(=O)CCC1=O)C(=O)ON1C(=O)CCC1=O.[2H]CF. The van der Waals surface area contributed by atoms with Crippen molar-refractivity contribution in [3.8, 4) is 0 Å². The highest BCUT2D eigenvalue weighted by atomic mass is 35.5. The van der Waals surface area contributed by atoms with E-state index in [0.717, 1.165) is 63.2 Å². The third-order valence-electron chi connectivity index (χ3n) is 19.4. The molecule has 0 aliphatic carbocycles. The number of nitrogens with zero attached hydrogens (tertiary/aromatic N) is 5. The van der Waals surface area contributed by atoms with Gasteiger partial charge in [0.1, 0.15) is 0 Å². The Morgan fingerprint density at radius 2 is 0.787 bits per heavy atom. The number of carbonyl (C=O) groups is 8. The molecule has 0 bridgehead atoms. The predicted molar refractivity (Wildman–Crippen MR) is 453 cm³/mol. The van der Waals surface area contributed by atoms with E-state index in [1.165, 1.54) is 0 Å². The fourth-order valence-electron chi connectivity index (χ4n) is 13.6. The average Bonchev–Trinajstić information content (AvgIpc) is 1.25. The van der Waals surface area contributed by atoms with E-state index in [0.29, 0.717) is 95.5 Å². The minimum Gasteiger partial charge on any atom is -0.379 e. The van der Waals surface area contributed by atoms with Crippen molar-refractivity contribution in [2.75, 3.05) is 159 Å². The van der Waals surface area contributed by atoms with Gasteiger partial charge in [-0.25, -0.2) is 44.3 Å². The molecule has 0 radical (unpaired) electrons. The molecule has 3 atom stereocenters. The van der Waals surface area contributed by atoms with Crippen LogP contribution in [0.1, 0.15) is 114 Å². The van der Waals surface area contributed by atoms with Gasteiger partial charge in [0.15, 0.2) is 9.84 Å². The molecule has 6 aromatic rings. The molecule has 122 heavy (non-hydrogen) atoms. The molecule has 41 heteroatoms. The molecule has 0 spiro atoms. The van der Waals surface area contributed by atoms with E-state index in [1.54, 1.807) is 72.8 Å². The number of ketones is 1. The number of Topliss-reactive ketones (excluding diaryl/α,β-unsaturated/α-hetero) is 1. The number of likely N-dealkylation sites (N-methyl/N-ethyl adjacent to an activating group) is 3. The summed E-state index contributed by atoms with van der Waals surface area (Å²) in [7, 11) is -6.03. The second-order valence-electron chi connectivity index (χ2n) is 28.5. The van der Waals surface area contributed by atoms with Gasteiger partial charge in [0, 0.05) is 159 Å². The molecule has 11 rings (SSSR count). The minimum absolute atomic E-state index is 0.00820. The largest absolute Gasteiger partial charge is 0.444 e. The Morgan fingerprint density at radius 1 is 0.459 bits per heavy atom. The maximum atomic E-state index is 13.2. The molecule has 31 nitrogen and oxygen atoms in total. The topological polar surface area (TPSA) is 391 Å². The third kappa shape index (κ3) is 29.7. The van der Waals surface area contributed by atoms with Gasteiger partial charge in [0.2, 0.25) is 25.8 Å². The summed E-state index contributed by atoms with van der Waals surface area (Å²) in [6.07, 6.45) is 0.114. The summed E-state index contributed by atoms with van der Waals surface area (Å²) in [4.78, 5) is 107. The highest BCUT2D eigenvalue weighted by Gasteiger charge is 2.40. The monoisotopic (exact) mass is 1870 g/mol. The number of halogens is 7. The number of benzene rings is 6. The van der Waals surface area contributed by atoms with Gasteiger partial charge in [0.05, 0.1) is 95.0 Å². The van der Waals surface area contributed by atoms with Crippen LogP contribution in [-0.4, -0.2) is 256 Å². The van der Waals surface area contributed by atoms with Crippen LogP contribution in [0.3, 0.4) is 0 Å². The number of fused-ring (bicyclic) bond motifs is 3. The second kappa shape index (κ2) is 49.0. The fraction of sp³-hybridized carbons (Fsp3) is 0.457. The number of carbonyl (C=O) groups excluding carboxylic acids is 8. The number of rotatable bonds is 39. The van der Waals surface area contributed by atoms with E-state index in [4.69, 9.17) is 105 Å². The second-order valence-corrected chi connectivity index (χ2v) is 36.6. The van der Waals surface area contributed by atoms with Crippen LogP contribution in [0.5, 0.6) is 0 Å². The average molecular weight is 1880 g/mol. The summed E-state index contributed by atoms with van der Waals surface area (Å²) in [5.41, 5.74) is 14.0. The lowest BCUT2D eigenvalue weighted by molar-refractivity contribution is -0.215. The van der Waals surface area contributed by atoms with E-state index < -0.39 is 84.3 Å². The van der Waals surface area contributed by atoms with Crippen LogP contribution >= 0.6 is 69.6 Å². The van der Waals surface area contributed by atoms with E-state index in [9.17, 15) is 68.0 Å². The van der Waals surface area contributed by atoms with Crippen molar-refractivity contribution in [1.29, 1.82) is 0 Å². The Hall–Kier alpha value is -7.28. The molecule has 6 aromatic carbocycles. The predicted octanol–water partition coefficient (Wildman–Crippen LogP) is 8.76. The summed E-state index contributed by atoms with van der Waals surface area (Å²) >= 11 is 38.4. The van der Waals surface area contributed by atoms with Gasteiger partial charge < -0.3 is 63.8 Å². The van der Waals surface area contributed by atoms with Crippen molar-refractivity contribution in [2.24, 2.45) is 5.73 Å². The van der Waals surface area contributed by atoms with E-state index in [1.807, 2.05) is 57.5 Å². The van der Waals surface area contributed by atoms with Crippen LogP contribution in [0.25, 0.3) is 0 Å². The standard InChI is InChI=1S/C48H58Cl4N4O10S2.C22H29Cl2N3O4S.C10H8N2O8.CH3F/c1-55-29-41(39-25-35(49)27-45(51)43(39)31-55)33-7-3-9-37(23-33)67(59,60)22-6-15-64-19-20-65-16-12-53-48(58)47(57)11-5-14-63-18-21-66-17-13-54-68(61,62)38-10-4-8-34(24-38)42-30-56(2)32-44-40(42)26-36(50)28-46(44)52;1-27-14-20(19-12-17(23)13-22(24)21(19)15-27)16-3-2-4-18(11-16)32(28,29)26-6-8-31-10-9-30-7-5-25;13-5-1-2-6(14)11(5)19-9(17)10(18)20-12-7(15)3-4-8(12)16;1-2/h3-4,7-10,23-28,41-42,54H,5-6,11-22,29-32H2,1-2H3,(H,53,58);2-4,11-13,20,26H,5-10,14-15,25H2,1H3;1-4H2;1H3/i;;;1D. The lowest BCUT2D eigenvalue weighted by Crippen LogP contribution is -2.39. The van der Waals surface area contributed by atoms with Crippen molar-refractivity contribution in [3.05, 3.63) is 189 Å². The molecule has 0 saturated carbocycles. The number of hydroxylamine groups is 4. The number of hydrogen-bond acceptors (Lipinski definition) is 26. The summed E-state index contributed by atoms with van der Waals surface area (Å²) in [5, 5.41) is 6.30. The Balaban J connectivity index is 0.000000278. The van der Waals surface area contributed by atoms with Gasteiger partial charge in [-0.05, 0) is 157 Å². The number of alkyl halides is 1. The first-order valence-electron chi connectivity index (χ1n) is 39.4. The van der Waals surface area contributed by atoms with Gasteiger partial charge in [0.25, 0.3) is 29.5 Å². The Morgan fingerprint density at radius 3 is 1.16 bits per heavy atom.